The molecule has 1 rings (SSSR count). The minimum absolute atomic E-state index is 0.00292. The van der Waals surface area contributed by atoms with Crippen LogP contribution in [-0.2, 0) is 4.79 Å². The van der Waals surface area contributed by atoms with Crippen LogP contribution in [0.25, 0.3) is 0 Å². The van der Waals surface area contributed by atoms with Gasteiger partial charge in [-0.25, -0.2) is 0 Å². The second kappa shape index (κ2) is 8.12. The molecule has 0 saturated carbocycles. The van der Waals surface area contributed by atoms with Gasteiger partial charge in [-0.05, 0) is 39.0 Å². The zero-order valence-electron chi connectivity index (χ0n) is 12.4. The largest absolute Gasteiger partial charge is 0.395 e. The van der Waals surface area contributed by atoms with E-state index in [-0.39, 0.29) is 29.2 Å². The van der Waals surface area contributed by atoms with Gasteiger partial charge in [0.2, 0.25) is 5.91 Å². The minimum Gasteiger partial charge on any atom is -0.395 e. The molecule has 1 aliphatic rings. The summed E-state index contributed by atoms with van der Waals surface area (Å²) in [7, 11) is 0. The summed E-state index contributed by atoms with van der Waals surface area (Å²) in [6, 6.07) is 0.00292. The average Bonchev–Trinajstić information content (AvgIpc) is 2.41. The molecule has 0 aromatic carbocycles. The van der Waals surface area contributed by atoms with Crippen molar-refractivity contribution in [3.05, 3.63) is 0 Å². The van der Waals surface area contributed by atoms with Crippen LogP contribution in [0.2, 0.25) is 0 Å². The van der Waals surface area contributed by atoms with E-state index in [1.165, 1.54) is 0 Å². The predicted molar refractivity (Wildman–Crippen MR) is 81.4 cm³/mol. The first-order valence-corrected chi connectivity index (χ1v) is 8.53. The summed E-state index contributed by atoms with van der Waals surface area (Å²) in [5, 5.41) is 15.8. The lowest BCUT2D eigenvalue weighted by Crippen LogP contribution is -2.54. The Bertz CT molecular complexity index is 271. The summed E-state index contributed by atoms with van der Waals surface area (Å²) in [6.45, 7) is 6.00. The number of amides is 1. The molecule has 112 valence electrons. The van der Waals surface area contributed by atoms with E-state index in [9.17, 15) is 9.90 Å². The van der Waals surface area contributed by atoms with Gasteiger partial charge in [-0.1, -0.05) is 13.3 Å². The smallest absolute Gasteiger partial charge is 0.227 e. The van der Waals surface area contributed by atoms with Crippen molar-refractivity contribution < 1.29 is 9.90 Å². The molecule has 19 heavy (non-hydrogen) atoms. The number of rotatable bonds is 7. The van der Waals surface area contributed by atoms with E-state index in [4.69, 9.17) is 0 Å². The van der Waals surface area contributed by atoms with Crippen LogP contribution in [-0.4, -0.2) is 48.3 Å². The molecule has 3 N–H and O–H groups in total. The maximum absolute atomic E-state index is 12.6. The maximum atomic E-state index is 12.6. The standard InChI is InChI=1S/C14H28N2O2S/c1-4-6-14(7-5-8-15-10-14)13(18)16-11(2)12(9-17)19-3/h11-12,15,17H,4-10H2,1-3H3,(H,16,18). The van der Waals surface area contributed by atoms with Crippen LogP contribution in [0.3, 0.4) is 0 Å². The molecule has 0 bridgehead atoms. The van der Waals surface area contributed by atoms with E-state index in [1.54, 1.807) is 11.8 Å². The number of nitrogens with one attached hydrogen (secondary N) is 2. The first kappa shape index (κ1) is 16.8. The number of hydrogen-bond acceptors (Lipinski definition) is 4. The molecule has 1 aliphatic heterocycles. The summed E-state index contributed by atoms with van der Waals surface area (Å²) >= 11 is 1.60. The van der Waals surface area contributed by atoms with Crippen LogP contribution in [0, 0.1) is 5.41 Å². The Balaban J connectivity index is 2.66. The highest BCUT2D eigenvalue weighted by Crippen LogP contribution is 2.32. The van der Waals surface area contributed by atoms with Gasteiger partial charge in [-0.2, -0.15) is 11.8 Å². The number of aliphatic hydroxyl groups excluding tert-OH is 1. The van der Waals surface area contributed by atoms with E-state index < -0.39 is 0 Å². The number of aliphatic hydroxyl groups is 1. The minimum atomic E-state index is -0.250. The Morgan fingerprint density at radius 3 is 2.79 bits per heavy atom. The molecule has 1 saturated heterocycles. The molecule has 1 heterocycles. The van der Waals surface area contributed by atoms with Crippen molar-refractivity contribution in [1.29, 1.82) is 0 Å². The van der Waals surface area contributed by atoms with Crippen LogP contribution < -0.4 is 10.6 Å². The van der Waals surface area contributed by atoms with Gasteiger partial charge in [-0.15, -0.1) is 0 Å². The third kappa shape index (κ3) is 4.36. The number of thioether (sulfide) groups is 1. The molecule has 3 unspecified atom stereocenters. The molecule has 1 amide bonds. The van der Waals surface area contributed by atoms with Crippen LogP contribution >= 0.6 is 11.8 Å². The number of piperidine rings is 1. The van der Waals surface area contributed by atoms with Crippen LogP contribution in [0.15, 0.2) is 0 Å². The highest BCUT2D eigenvalue weighted by Gasteiger charge is 2.39. The monoisotopic (exact) mass is 288 g/mol. The summed E-state index contributed by atoms with van der Waals surface area (Å²) in [5.41, 5.74) is -0.250. The van der Waals surface area contributed by atoms with Gasteiger partial charge < -0.3 is 15.7 Å². The van der Waals surface area contributed by atoms with Crippen molar-refractivity contribution in [2.24, 2.45) is 5.41 Å². The molecule has 5 heteroatoms. The number of carbonyl (C=O) groups excluding carboxylic acids is 1. The molecule has 0 radical (unpaired) electrons. The molecule has 0 aromatic heterocycles. The lowest BCUT2D eigenvalue weighted by Gasteiger charge is -2.37. The van der Waals surface area contributed by atoms with Crippen LogP contribution in [0.1, 0.15) is 39.5 Å². The van der Waals surface area contributed by atoms with E-state index >= 15 is 0 Å². The van der Waals surface area contributed by atoms with Crippen LogP contribution in [0.4, 0.5) is 0 Å². The van der Waals surface area contributed by atoms with Gasteiger partial charge in [0.1, 0.15) is 0 Å². The summed E-state index contributed by atoms with van der Waals surface area (Å²) in [6.07, 6.45) is 5.95. The third-order valence-corrected chi connectivity index (χ3v) is 5.24. The number of hydrogen-bond donors (Lipinski definition) is 3. The van der Waals surface area contributed by atoms with Crippen LogP contribution in [0.5, 0.6) is 0 Å². The fraction of sp³-hybridized carbons (Fsp3) is 0.929. The first-order valence-electron chi connectivity index (χ1n) is 7.25. The molecule has 0 spiro atoms. The molecule has 4 nitrogen and oxygen atoms in total. The fourth-order valence-electron chi connectivity index (χ4n) is 2.86. The Hall–Kier alpha value is -0.260. The topological polar surface area (TPSA) is 61.4 Å². The SMILES string of the molecule is CCCC1(C(=O)NC(C)C(CO)SC)CCCNC1. The second-order valence-electron chi connectivity index (χ2n) is 5.53. The summed E-state index contributed by atoms with van der Waals surface area (Å²) in [5.74, 6) is 0.154. The van der Waals surface area contributed by atoms with Gasteiger partial charge in [-0.3, -0.25) is 4.79 Å². The highest BCUT2D eigenvalue weighted by atomic mass is 32.2. The lowest BCUT2D eigenvalue weighted by atomic mass is 9.76. The zero-order chi connectivity index (χ0) is 14.3. The van der Waals surface area contributed by atoms with Gasteiger partial charge in [0.15, 0.2) is 0 Å². The molecular formula is C14H28N2O2S. The quantitative estimate of drug-likeness (QED) is 0.662. The summed E-state index contributed by atoms with van der Waals surface area (Å²) < 4.78 is 0. The zero-order valence-corrected chi connectivity index (χ0v) is 13.2. The third-order valence-electron chi connectivity index (χ3n) is 4.08. The van der Waals surface area contributed by atoms with Gasteiger partial charge in [0.05, 0.1) is 12.0 Å². The average molecular weight is 288 g/mol. The molecule has 1 fully saturated rings. The second-order valence-corrected chi connectivity index (χ2v) is 6.61. The fourth-order valence-corrected chi connectivity index (χ4v) is 3.48. The molecule has 0 aliphatic carbocycles. The normalized spacial score (nSPS) is 26.7. The van der Waals surface area contributed by atoms with E-state index in [0.29, 0.717) is 0 Å². The van der Waals surface area contributed by atoms with E-state index in [1.807, 2.05) is 13.2 Å². The predicted octanol–water partition coefficient (Wildman–Crippen LogP) is 1.38. The lowest BCUT2D eigenvalue weighted by molar-refractivity contribution is -0.133. The van der Waals surface area contributed by atoms with Gasteiger partial charge >= 0.3 is 0 Å². The van der Waals surface area contributed by atoms with Crippen molar-refractivity contribution in [1.82, 2.24) is 10.6 Å². The van der Waals surface area contributed by atoms with Crippen molar-refractivity contribution in [3.63, 3.8) is 0 Å². The Labute approximate surface area is 121 Å². The van der Waals surface area contributed by atoms with Crippen molar-refractivity contribution in [2.45, 2.75) is 50.8 Å². The molecule has 3 atom stereocenters. The van der Waals surface area contributed by atoms with Crippen molar-refractivity contribution in [2.75, 3.05) is 26.0 Å². The van der Waals surface area contributed by atoms with Gasteiger partial charge in [0, 0.05) is 17.8 Å². The van der Waals surface area contributed by atoms with E-state index in [2.05, 4.69) is 17.6 Å². The Morgan fingerprint density at radius 1 is 1.58 bits per heavy atom. The first-order chi connectivity index (χ1) is 9.09. The Kier molecular flexibility index (Phi) is 7.18. The van der Waals surface area contributed by atoms with E-state index in [0.717, 1.165) is 38.8 Å². The molecular weight excluding hydrogens is 260 g/mol. The summed E-state index contributed by atoms with van der Waals surface area (Å²) in [4.78, 5) is 12.6. The maximum Gasteiger partial charge on any atom is 0.227 e. The number of carbonyl (C=O) groups is 1. The molecule has 0 aromatic rings. The highest BCUT2D eigenvalue weighted by molar-refractivity contribution is 7.99. The Morgan fingerprint density at radius 2 is 2.32 bits per heavy atom. The van der Waals surface area contributed by atoms with Crippen molar-refractivity contribution in [3.8, 4) is 0 Å². The van der Waals surface area contributed by atoms with Gasteiger partial charge in [0.25, 0.3) is 0 Å². The van der Waals surface area contributed by atoms with Crippen molar-refractivity contribution >= 4 is 17.7 Å².